The standard InChI is InChI=1S/C17H28N2/c1-16(2,3)12-19-13-17(4,5)18-11-15(19)14-9-7-6-8-10-14/h6-10,15,18H,11-13H2,1-5H3. The van der Waals surface area contributed by atoms with Gasteiger partial charge < -0.3 is 5.32 Å². The first kappa shape index (κ1) is 14.5. The zero-order valence-electron chi connectivity index (χ0n) is 13.0. The maximum Gasteiger partial charge on any atom is 0.0473 e. The summed E-state index contributed by atoms with van der Waals surface area (Å²) in [6, 6.07) is 11.4. The summed E-state index contributed by atoms with van der Waals surface area (Å²) in [5.74, 6) is 0. The highest BCUT2D eigenvalue weighted by atomic mass is 15.3. The Morgan fingerprint density at radius 3 is 2.42 bits per heavy atom. The topological polar surface area (TPSA) is 15.3 Å². The largest absolute Gasteiger partial charge is 0.309 e. The molecule has 1 heterocycles. The Hall–Kier alpha value is -0.860. The van der Waals surface area contributed by atoms with Gasteiger partial charge in [0.15, 0.2) is 0 Å². The molecule has 1 unspecified atom stereocenters. The summed E-state index contributed by atoms with van der Waals surface area (Å²) < 4.78 is 0. The van der Waals surface area contributed by atoms with E-state index in [4.69, 9.17) is 0 Å². The van der Waals surface area contributed by atoms with Gasteiger partial charge in [-0.15, -0.1) is 0 Å². The summed E-state index contributed by atoms with van der Waals surface area (Å²) in [6.45, 7) is 14.8. The van der Waals surface area contributed by atoms with Crippen LogP contribution in [0.2, 0.25) is 0 Å². The lowest BCUT2D eigenvalue weighted by Gasteiger charge is -2.47. The molecule has 0 radical (unpaired) electrons. The number of piperazine rings is 1. The molecule has 0 amide bonds. The van der Waals surface area contributed by atoms with E-state index in [9.17, 15) is 0 Å². The molecule has 2 rings (SSSR count). The summed E-state index contributed by atoms with van der Waals surface area (Å²) in [7, 11) is 0. The van der Waals surface area contributed by atoms with Gasteiger partial charge in [0, 0.05) is 31.2 Å². The molecule has 2 heteroatoms. The smallest absolute Gasteiger partial charge is 0.0473 e. The average molecular weight is 260 g/mol. The van der Waals surface area contributed by atoms with Crippen LogP contribution in [0.25, 0.3) is 0 Å². The van der Waals surface area contributed by atoms with Crippen molar-refractivity contribution < 1.29 is 0 Å². The fourth-order valence-corrected chi connectivity index (χ4v) is 2.96. The highest BCUT2D eigenvalue weighted by Crippen LogP contribution is 2.30. The van der Waals surface area contributed by atoms with Crippen LogP contribution in [0.1, 0.15) is 46.2 Å². The molecule has 1 aliphatic rings. The van der Waals surface area contributed by atoms with Crippen molar-refractivity contribution in [3.8, 4) is 0 Å². The molecule has 0 saturated carbocycles. The highest BCUT2D eigenvalue weighted by Gasteiger charge is 2.34. The van der Waals surface area contributed by atoms with E-state index in [-0.39, 0.29) is 5.54 Å². The summed E-state index contributed by atoms with van der Waals surface area (Å²) in [5, 5.41) is 3.68. The molecule has 1 aromatic rings. The maximum absolute atomic E-state index is 3.68. The molecular weight excluding hydrogens is 232 g/mol. The molecule has 1 N–H and O–H groups in total. The lowest BCUT2D eigenvalue weighted by Crippen LogP contribution is -2.59. The third-order valence-corrected chi connectivity index (χ3v) is 3.67. The normalized spacial score (nSPS) is 24.4. The fourth-order valence-electron chi connectivity index (χ4n) is 2.96. The van der Waals surface area contributed by atoms with Gasteiger partial charge in [0.1, 0.15) is 0 Å². The summed E-state index contributed by atoms with van der Waals surface area (Å²) >= 11 is 0. The summed E-state index contributed by atoms with van der Waals surface area (Å²) in [4.78, 5) is 2.64. The van der Waals surface area contributed by atoms with Crippen molar-refractivity contribution in [3.05, 3.63) is 35.9 Å². The average Bonchev–Trinajstić information content (AvgIpc) is 2.27. The van der Waals surface area contributed by atoms with Gasteiger partial charge in [-0.3, -0.25) is 4.90 Å². The molecule has 1 aromatic carbocycles. The van der Waals surface area contributed by atoms with E-state index < -0.39 is 0 Å². The lowest BCUT2D eigenvalue weighted by atomic mass is 9.90. The van der Waals surface area contributed by atoms with Crippen molar-refractivity contribution >= 4 is 0 Å². The minimum atomic E-state index is 0.205. The van der Waals surface area contributed by atoms with Gasteiger partial charge in [-0.05, 0) is 24.8 Å². The summed E-state index contributed by atoms with van der Waals surface area (Å²) in [5.41, 5.74) is 1.96. The molecule has 106 valence electrons. The quantitative estimate of drug-likeness (QED) is 0.876. The van der Waals surface area contributed by atoms with Crippen molar-refractivity contribution in [2.75, 3.05) is 19.6 Å². The van der Waals surface area contributed by atoms with E-state index in [1.54, 1.807) is 0 Å². The van der Waals surface area contributed by atoms with Crippen LogP contribution in [0, 0.1) is 5.41 Å². The van der Waals surface area contributed by atoms with E-state index in [2.05, 4.69) is 75.2 Å². The van der Waals surface area contributed by atoms with E-state index in [1.165, 1.54) is 5.56 Å². The van der Waals surface area contributed by atoms with Crippen molar-refractivity contribution in [3.63, 3.8) is 0 Å². The first-order chi connectivity index (χ1) is 8.77. The second kappa shape index (κ2) is 5.26. The Bertz CT molecular complexity index is 401. The van der Waals surface area contributed by atoms with Crippen LogP contribution in [0.4, 0.5) is 0 Å². The Kier molecular flexibility index (Phi) is 4.03. The van der Waals surface area contributed by atoms with E-state index in [0.29, 0.717) is 11.5 Å². The maximum atomic E-state index is 3.68. The van der Waals surface area contributed by atoms with Gasteiger partial charge >= 0.3 is 0 Å². The van der Waals surface area contributed by atoms with Crippen LogP contribution in [0.15, 0.2) is 30.3 Å². The Morgan fingerprint density at radius 2 is 1.84 bits per heavy atom. The van der Waals surface area contributed by atoms with Gasteiger partial charge in [-0.25, -0.2) is 0 Å². The molecule has 1 fully saturated rings. The zero-order valence-corrected chi connectivity index (χ0v) is 13.0. The number of nitrogens with zero attached hydrogens (tertiary/aromatic N) is 1. The first-order valence-corrected chi connectivity index (χ1v) is 7.31. The predicted octanol–water partition coefficient (Wildman–Crippen LogP) is 3.46. The van der Waals surface area contributed by atoms with E-state index in [0.717, 1.165) is 19.6 Å². The van der Waals surface area contributed by atoms with Gasteiger partial charge in [0.2, 0.25) is 0 Å². The van der Waals surface area contributed by atoms with Crippen LogP contribution in [0.5, 0.6) is 0 Å². The molecule has 0 spiro atoms. The van der Waals surface area contributed by atoms with Crippen LogP contribution >= 0.6 is 0 Å². The summed E-state index contributed by atoms with van der Waals surface area (Å²) in [6.07, 6.45) is 0. The fraction of sp³-hybridized carbons (Fsp3) is 0.647. The van der Waals surface area contributed by atoms with Gasteiger partial charge in [0.05, 0.1) is 0 Å². The Labute approximate surface area is 118 Å². The second-order valence-electron chi connectivity index (χ2n) is 7.66. The van der Waals surface area contributed by atoms with Gasteiger partial charge in [-0.2, -0.15) is 0 Å². The van der Waals surface area contributed by atoms with Crippen LogP contribution < -0.4 is 5.32 Å². The Morgan fingerprint density at radius 1 is 1.21 bits per heavy atom. The van der Waals surface area contributed by atoms with Gasteiger partial charge in [0.25, 0.3) is 0 Å². The number of hydrogen-bond donors (Lipinski definition) is 1. The molecule has 0 aliphatic carbocycles. The molecule has 1 atom stereocenters. The molecule has 1 saturated heterocycles. The van der Waals surface area contributed by atoms with Crippen molar-refractivity contribution in [2.24, 2.45) is 5.41 Å². The third-order valence-electron chi connectivity index (χ3n) is 3.67. The number of hydrogen-bond acceptors (Lipinski definition) is 2. The molecule has 1 aliphatic heterocycles. The highest BCUT2D eigenvalue weighted by molar-refractivity contribution is 5.21. The molecule has 0 bridgehead atoms. The first-order valence-electron chi connectivity index (χ1n) is 7.31. The van der Waals surface area contributed by atoms with Crippen LogP contribution in [-0.4, -0.2) is 30.1 Å². The predicted molar refractivity (Wildman–Crippen MR) is 82.3 cm³/mol. The zero-order chi connectivity index (χ0) is 14.1. The number of nitrogens with one attached hydrogen (secondary N) is 1. The molecule has 2 nitrogen and oxygen atoms in total. The molecular formula is C17H28N2. The number of rotatable bonds is 2. The second-order valence-corrected chi connectivity index (χ2v) is 7.66. The number of benzene rings is 1. The monoisotopic (exact) mass is 260 g/mol. The molecule has 19 heavy (non-hydrogen) atoms. The van der Waals surface area contributed by atoms with Crippen molar-refractivity contribution in [2.45, 2.75) is 46.2 Å². The van der Waals surface area contributed by atoms with Crippen molar-refractivity contribution in [1.82, 2.24) is 10.2 Å². The minimum Gasteiger partial charge on any atom is -0.309 e. The Balaban J connectivity index is 2.21. The lowest BCUT2D eigenvalue weighted by molar-refractivity contribution is 0.0634. The van der Waals surface area contributed by atoms with E-state index >= 15 is 0 Å². The molecule has 0 aromatic heterocycles. The van der Waals surface area contributed by atoms with Crippen molar-refractivity contribution in [1.29, 1.82) is 0 Å². The van der Waals surface area contributed by atoms with Gasteiger partial charge in [-0.1, -0.05) is 51.1 Å². The minimum absolute atomic E-state index is 0.205. The SMILES string of the molecule is CC(C)(C)CN1CC(C)(C)NCC1c1ccccc1. The van der Waals surface area contributed by atoms with Crippen LogP contribution in [0.3, 0.4) is 0 Å². The van der Waals surface area contributed by atoms with E-state index in [1.807, 2.05) is 0 Å². The third kappa shape index (κ3) is 4.05. The van der Waals surface area contributed by atoms with Crippen LogP contribution in [-0.2, 0) is 0 Å².